The largest absolute Gasteiger partial charge is 0.450 e. The first-order valence-electron chi connectivity index (χ1n) is 10.1. The fourth-order valence-electron chi connectivity index (χ4n) is 4.47. The number of esters is 1. The molecular formula is C23H21N3O4. The number of hydrogen-bond acceptors (Lipinski definition) is 5. The second kappa shape index (κ2) is 7.09. The molecule has 1 amide bonds. The molecule has 2 aliphatic rings. The zero-order valence-corrected chi connectivity index (χ0v) is 16.4. The van der Waals surface area contributed by atoms with Crippen LogP contribution in [0.4, 0.5) is 0 Å². The molecule has 0 N–H and O–H groups in total. The van der Waals surface area contributed by atoms with Crippen molar-refractivity contribution >= 4 is 22.8 Å². The van der Waals surface area contributed by atoms with Crippen LogP contribution >= 0.6 is 0 Å². The van der Waals surface area contributed by atoms with Crippen LogP contribution in [0.15, 0.2) is 59.7 Å². The number of likely N-dealkylation sites (tertiary alicyclic amines) is 1. The summed E-state index contributed by atoms with van der Waals surface area (Å²) in [4.78, 5) is 43.6. The maximum atomic E-state index is 12.7. The summed E-state index contributed by atoms with van der Waals surface area (Å²) in [6.45, 7) is 1.32. The Balaban J connectivity index is 1.25. The lowest BCUT2D eigenvalue weighted by Crippen LogP contribution is -2.45. The van der Waals surface area contributed by atoms with Gasteiger partial charge in [-0.1, -0.05) is 30.3 Å². The highest BCUT2D eigenvalue weighted by Crippen LogP contribution is 2.43. The summed E-state index contributed by atoms with van der Waals surface area (Å²) in [6.07, 6.45) is 2.89. The van der Waals surface area contributed by atoms with Gasteiger partial charge in [0, 0.05) is 44.5 Å². The second-order valence-corrected chi connectivity index (χ2v) is 7.82. The molecule has 0 atom stereocenters. The summed E-state index contributed by atoms with van der Waals surface area (Å²) in [7, 11) is 0. The zero-order valence-electron chi connectivity index (χ0n) is 16.4. The molecule has 1 spiro atoms. The Bertz CT molecular complexity index is 1210. The molecule has 3 aromatic rings. The van der Waals surface area contributed by atoms with E-state index in [0.29, 0.717) is 42.4 Å². The van der Waals surface area contributed by atoms with E-state index < -0.39 is 5.60 Å². The van der Waals surface area contributed by atoms with Crippen LogP contribution in [0, 0.1) is 0 Å². The average molecular weight is 403 g/mol. The van der Waals surface area contributed by atoms with Gasteiger partial charge in [-0.15, -0.1) is 0 Å². The van der Waals surface area contributed by atoms with Gasteiger partial charge in [-0.2, -0.15) is 0 Å². The van der Waals surface area contributed by atoms with Gasteiger partial charge in [-0.25, -0.2) is 9.78 Å². The minimum absolute atomic E-state index is 0.0116. The average Bonchev–Trinajstić information content (AvgIpc) is 3.05. The number of benzene rings is 2. The Kier molecular flexibility index (Phi) is 4.38. The van der Waals surface area contributed by atoms with Gasteiger partial charge in [0.25, 0.3) is 5.56 Å². The van der Waals surface area contributed by atoms with Gasteiger partial charge in [0.2, 0.25) is 5.91 Å². The maximum Gasteiger partial charge on any atom is 0.339 e. The quantitative estimate of drug-likeness (QED) is 0.628. The van der Waals surface area contributed by atoms with Crippen LogP contribution < -0.4 is 5.56 Å². The van der Waals surface area contributed by atoms with E-state index in [1.807, 2.05) is 24.3 Å². The van der Waals surface area contributed by atoms with Crippen molar-refractivity contribution in [3.8, 4) is 0 Å². The summed E-state index contributed by atoms with van der Waals surface area (Å²) in [5, 5.41) is 0.550. The summed E-state index contributed by atoms with van der Waals surface area (Å²) in [5.74, 6) is -0.295. The van der Waals surface area contributed by atoms with Crippen LogP contribution in [0.1, 0.15) is 35.2 Å². The van der Waals surface area contributed by atoms with Gasteiger partial charge in [0.1, 0.15) is 5.60 Å². The Morgan fingerprint density at radius 2 is 1.77 bits per heavy atom. The van der Waals surface area contributed by atoms with E-state index in [4.69, 9.17) is 4.74 Å². The van der Waals surface area contributed by atoms with Gasteiger partial charge in [0.05, 0.1) is 22.8 Å². The van der Waals surface area contributed by atoms with Crippen LogP contribution in [0.2, 0.25) is 0 Å². The van der Waals surface area contributed by atoms with Gasteiger partial charge < -0.3 is 9.64 Å². The molecule has 2 aliphatic heterocycles. The van der Waals surface area contributed by atoms with E-state index in [0.717, 1.165) is 5.56 Å². The van der Waals surface area contributed by atoms with Crippen LogP contribution in [0.5, 0.6) is 0 Å². The fourth-order valence-corrected chi connectivity index (χ4v) is 4.47. The number of hydrogen-bond donors (Lipinski definition) is 0. The molecule has 5 rings (SSSR count). The first kappa shape index (κ1) is 18.5. The van der Waals surface area contributed by atoms with Gasteiger partial charge in [-0.3, -0.25) is 14.2 Å². The predicted octanol–water partition coefficient (Wildman–Crippen LogP) is 2.47. The third-order valence-electron chi connectivity index (χ3n) is 6.15. The molecule has 1 aromatic heterocycles. The van der Waals surface area contributed by atoms with E-state index in [2.05, 4.69) is 4.98 Å². The molecule has 0 saturated carbocycles. The number of carbonyl (C=O) groups is 2. The predicted molar refractivity (Wildman–Crippen MR) is 110 cm³/mol. The summed E-state index contributed by atoms with van der Waals surface area (Å²) in [5.41, 5.74) is 1.44. The van der Waals surface area contributed by atoms with E-state index >= 15 is 0 Å². The molecule has 30 heavy (non-hydrogen) atoms. The number of nitrogens with zero attached hydrogens (tertiary/aromatic N) is 3. The van der Waals surface area contributed by atoms with E-state index in [9.17, 15) is 14.4 Å². The Morgan fingerprint density at radius 3 is 2.60 bits per heavy atom. The lowest BCUT2D eigenvalue weighted by Gasteiger charge is -2.38. The van der Waals surface area contributed by atoms with Crippen molar-refractivity contribution in [2.75, 3.05) is 13.1 Å². The molecular weight excluding hydrogens is 382 g/mol. The van der Waals surface area contributed by atoms with Crippen molar-refractivity contribution in [3.63, 3.8) is 0 Å². The van der Waals surface area contributed by atoms with Gasteiger partial charge in [-0.05, 0) is 18.2 Å². The number of piperidine rings is 1. The lowest BCUT2D eigenvalue weighted by molar-refractivity contribution is -0.135. The molecule has 3 heterocycles. The number of ether oxygens (including phenoxy) is 1. The minimum Gasteiger partial charge on any atom is -0.450 e. The number of fused-ring (bicyclic) bond motifs is 3. The van der Waals surface area contributed by atoms with Crippen LogP contribution in [0.3, 0.4) is 0 Å². The highest BCUT2D eigenvalue weighted by molar-refractivity contribution is 5.94. The third-order valence-corrected chi connectivity index (χ3v) is 6.15. The molecule has 1 fully saturated rings. The number of carbonyl (C=O) groups excluding carboxylic acids is 2. The standard InChI is InChI=1S/C23H21N3O4/c27-20(9-12-26-15-24-19-8-4-2-6-17(19)21(26)28)25-13-10-23(11-14-25)18-7-3-1-5-16(18)22(29)30-23/h1-8,15H,9-14H2. The van der Waals surface area contributed by atoms with Gasteiger partial charge >= 0.3 is 5.97 Å². The first-order chi connectivity index (χ1) is 14.6. The molecule has 7 nitrogen and oxygen atoms in total. The Hall–Kier alpha value is -3.48. The summed E-state index contributed by atoms with van der Waals surface area (Å²) >= 11 is 0. The Labute approximate surface area is 172 Å². The molecule has 0 unspecified atom stereocenters. The second-order valence-electron chi connectivity index (χ2n) is 7.82. The molecule has 0 radical (unpaired) electrons. The first-order valence-corrected chi connectivity index (χ1v) is 10.1. The van der Waals surface area contributed by atoms with Crippen LogP contribution in [0.25, 0.3) is 10.9 Å². The summed E-state index contributed by atoms with van der Waals surface area (Å²) < 4.78 is 7.23. The number of aromatic nitrogens is 2. The van der Waals surface area contributed by atoms with E-state index in [1.54, 1.807) is 29.2 Å². The van der Waals surface area contributed by atoms with Crippen LogP contribution in [-0.4, -0.2) is 39.4 Å². The highest BCUT2D eigenvalue weighted by Gasteiger charge is 2.47. The van der Waals surface area contributed by atoms with Crippen molar-refractivity contribution in [2.45, 2.75) is 31.4 Å². The molecule has 7 heteroatoms. The topological polar surface area (TPSA) is 81.5 Å². The van der Waals surface area contributed by atoms with Crippen molar-refractivity contribution in [3.05, 3.63) is 76.3 Å². The molecule has 152 valence electrons. The van der Waals surface area contributed by atoms with Crippen LogP contribution in [-0.2, 0) is 21.7 Å². The monoisotopic (exact) mass is 403 g/mol. The molecule has 1 saturated heterocycles. The van der Waals surface area contributed by atoms with Crippen molar-refractivity contribution in [2.24, 2.45) is 0 Å². The Morgan fingerprint density at radius 1 is 1.03 bits per heavy atom. The van der Waals surface area contributed by atoms with E-state index in [1.165, 1.54) is 10.9 Å². The SMILES string of the molecule is O=C1OC2(CCN(C(=O)CCn3cnc4ccccc4c3=O)CC2)c2ccccc21. The molecule has 0 bridgehead atoms. The van der Waals surface area contributed by atoms with Crippen molar-refractivity contribution in [1.29, 1.82) is 0 Å². The zero-order chi connectivity index (χ0) is 20.7. The smallest absolute Gasteiger partial charge is 0.339 e. The minimum atomic E-state index is -0.621. The number of rotatable bonds is 3. The number of amides is 1. The van der Waals surface area contributed by atoms with E-state index in [-0.39, 0.29) is 30.4 Å². The van der Waals surface area contributed by atoms with Gasteiger partial charge in [0.15, 0.2) is 0 Å². The fraction of sp³-hybridized carbons (Fsp3) is 0.304. The number of para-hydroxylation sites is 1. The lowest BCUT2D eigenvalue weighted by atomic mass is 9.83. The molecule has 0 aliphatic carbocycles. The highest BCUT2D eigenvalue weighted by atomic mass is 16.6. The van der Waals surface area contributed by atoms with Crippen molar-refractivity contribution in [1.82, 2.24) is 14.5 Å². The maximum absolute atomic E-state index is 12.7. The number of aryl methyl sites for hydroxylation is 1. The van der Waals surface area contributed by atoms with Crippen molar-refractivity contribution < 1.29 is 14.3 Å². The third kappa shape index (κ3) is 2.98. The normalized spacial score (nSPS) is 17.2. The molecule has 2 aromatic carbocycles. The summed E-state index contributed by atoms with van der Waals surface area (Å²) in [6, 6.07) is 14.7.